The molecule has 2 N–H and O–H groups in total. The SMILES string of the molecule is CCCC1(C(=O)O)CCCN1C(=O)c1ccccc1O. The lowest BCUT2D eigenvalue weighted by Crippen LogP contribution is -2.53. The van der Waals surface area contributed by atoms with Crippen molar-refractivity contribution in [3.63, 3.8) is 0 Å². The Kier molecular flexibility index (Phi) is 3.97. The predicted molar refractivity (Wildman–Crippen MR) is 73.7 cm³/mol. The lowest BCUT2D eigenvalue weighted by atomic mass is 9.90. The van der Waals surface area contributed by atoms with Gasteiger partial charge < -0.3 is 15.1 Å². The van der Waals surface area contributed by atoms with E-state index in [-0.39, 0.29) is 11.3 Å². The quantitative estimate of drug-likeness (QED) is 0.884. The van der Waals surface area contributed by atoms with Crippen LogP contribution in [0.15, 0.2) is 24.3 Å². The van der Waals surface area contributed by atoms with E-state index >= 15 is 0 Å². The highest BCUT2D eigenvalue weighted by Crippen LogP contribution is 2.36. The molecule has 0 bridgehead atoms. The Hall–Kier alpha value is -2.04. The molecule has 1 fully saturated rings. The number of hydrogen-bond acceptors (Lipinski definition) is 3. The topological polar surface area (TPSA) is 77.8 Å². The molecule has 20 heavy (non-hydrogen) atoms. The van der Waals surface area contributed by atoms with Crippen LogP contribution in [0.1, 0.15) is 43.0 Å². The zero-order valence-corrected chi connectivity index (χ0v) is 11.5. The summed E-state index contributed by atoms with van der Waals surface area (Å²) in [5.41, 5.74) is -0.968. The first-order valence-corrected chi connectivity index (χ1v) is 6.86. The van der Waals surface area contributed by atoms with Gasteiger partial charge >= 0.3 is 5.97 Å². The fourth-order valence-electron chi connectivity index (χ4n) is 2.98. The van der Waals surface area contributed by atoms with Crippen molar-refractivity contribution >= 4 is 11.9 Å². The number of carbonyl (C=O) groups is 2. The van der Waals surface area contributed by atoms with E-state index in [4.69, 9.17) is 0 Å². The minimum Gasteiger partial charge on any atom is -0.507 e. The molecule has 5 nitrogen and oxygen atoms in total. The summed E-state index contributed by atoms with van der Waals surface area (Å²) < 4.78 is 0. The number of carboxylic acid groups (broad SMARTS) is 1. The van der Waals surface area contributed by atoms with E-state index < -0.39 is 17.4 Å². The lowest BCUT2D eigenvalue weighted by Gasteiger charge is -2.34. The van der Waals surface area contributed by atoms with Crippen LogP contribution in [0.2, 0.25) is 0 Å². The number of aromatic hydroxyl groups is 1. The van der Waals surface area contributed by atoms with E-state index in [0.717, 1.165) is 0 Å². The first-order chi connectivity index (χ1) is 9.53. The zero-order chi connectivity index (χ0) is 14.8. The normalized spacial score (nSPS) is 21.9. The Morgan fingerprint density at radius 3 is 2.65 bits per heavy atom. The Morgan fingerprint density at radius 1 is 1.35 bits per heavy atom. The summed E-state index contributed by atoms with van der Waals surface area (Å²) in [6.45, 7) is 2.32. The average molecular weight is 277 g/mol. The molecule has 0 saturated carbocycles. The van der Waals surface area contributed by atoms with E-state index in [2.05, 4.69) is 0 Å². The molecule has 0 aromatic heterocycles. The van der Waals surface area contributed by atoms with E-state index in [1.807, 2.05) is 6.92 Å². The third-order valence-corrected chi connectivity index (χ3v) is 3.93. The van der Waals surface area contributed by atoms with Gasteiger partial charge in [-0.05, 0) is 31.4 Å². The van der Waals surface area contributed by atoms with Crippen LogP contribution in [-0.4, -0.2) is 39.1 Å². The number of benzene rings is 1. The van der Waals surface area contributed by atoms with Gasteiger partial charge in [-0.1, -0.05) is 25.5 Å². The molecule has 1 saturated heterocycles. The third-order valence-electron chi connectivity index (χ3n) is 3.93. The van der Waals surface area contributed by atoms with E-state index in [9.17, 15) is 19.8 Å². The maximum atomic E-state index is 12.6. The minimum atomic E-state index is -1.13. The molecule has 1 aliphatic rings. The molecule has 1 amide bonds. The Labute approximate surface area is 117 Å². The van der Waals surface area contributed by atoms with Crippen LogP contribution in [0.4, 0.5) is 0 Å². The third kappa shape index (κ3) is 2.24. The molecule has 2 rings (SSSR count). The van der Waals surface area contributed by atoms with Crippen LogP contribution in [0.3, 0.4) is 0 Å². The van der Waals surface area contributed by atoms with Crippen molar-refractivity contribution in [2.45, 2.75) is 38.1 Å². The number of likely N-dealkylation sites (tertiary alicyclic amines) is 1. The largest absolute Gasteiger partial charge is 0.507 e. The van der Waals surface area contributed by atoms with Crippen LogP contribution >= 0.6 is 0 Å². The summed E-state index contributed by atoms with van der Waals surface area (Å²) in [7, 11) is 0. The van der Waals surface area contributed by atoms with Gasteiger partial charge in [0.15, 0.2) is 0 Å². The second kappa shape index (κ2) is 5.53. The van der Waals surface area contributed by atoms with Gasteiger partial charge in [-0.3, -0.25) is 4.79 Å². The summed E-state index contributed by atoms with van der Waals surface area (Å²) >= 11 is 0. The van der Waals surface area contributed by atoms with E-state index in [1.54, 1.807) is 12.1 Å². The number of nitrogens with zero attached hydrogens (tertiary/aromatic N) is 1. The fourth-order valence-corrected chi connectivity index (χ4v) is 2.98. The van der Waals surface area contributed by atoms with Gasteiger partial charge in [-0.2, -0.15) is 0 Å². The minimum absolute atomic E-state index is 0.111. The standard InChI is InChI=1S/C15H19NO4/c1-2-8-15(14(19)20)9-5-10-16(15)13(18)11-6-3-4-7-12(11)17/h3-4,6-7,17H,2,5,8-10H2,1H3,(H,19,20). The molecule has 5 heteroatoms. The van der Waals surface area contributed by atoms with Gasteiger partial charge in [0.1, 0.15) is 11.3 Å². The van der Waals surface area contributed by atoms with Crippen LogP contribution in [0, 0.1) is 0 Å². The Balaban J connectivity index is 2.38. The fraction of sp³-hybridized carbons (Fsp3) is 0.467. The zero-order valence-electron chi connectivity index (χ0n) is 11.5. The molecule has 0 aliphatic carbocycles. The number of carboxylic acids is 1. The second-order valence-electron chi connectivity index (χ2n) is 5.16. The number of amides is 1. The van der Waals surface area contributed by atoms with Crippen LogP contribution in [-0.2, 0) is 4.79 Å². The summed E-state index contributed by atoms with van der Waals surface area (Å²) in [6, 6.07) is 6.25. The maximum Gasteiger partial charge on any atom is 0.329 e. The first-order valence-electron chi connectivity index (χ1n) is 6.86. The number of hydrogen-bond donors (Lipinski definition) is 2. The molecule has 1 atom stereocenters. The molecule has 1 aliphatic heterocycles. The molecule has 1 aromatic rings. The van der Waals surface area contributed by atoms with Crippen LogP contribution in [0.25, 0.3) is 0 Å². The molecular weight excluding hydrogens is 258 g/mol. The van der Waals surface area contributed by atoms with E-state index in [0.29, 0.717) is 32.2 Å². The Morgan fingerprint density at radius 2 is 2.05 bits per heavy atom. The highest BCUT2D eigenvalue weighted by Gasteiger charge is 2.49. The molecule has 1 unspecified atom stereocenters. The maximum absolute atomic E-state index is 12.6. The van der Waals surface area contributed by atoms with Crippen LogP contribution < -0.4 is 0 Å². The van der Waals surface area contributed by atoms with Crippen molar-refractivity contribution in [1.29, 1.82) is 0 Å². The van der Waals surface area contributed by atoms with Crippen molar-refractivity contribution in [1.82, 2.24) is 4.90 Å². The second-order valence-corrected chi connectivity index (χ2v) is 5.16. The van der Waals surface area contributed by atoms with E-state index in [1.165, 1.54) is 17.0 Å². The van der Waals surface area contributed by atoms with Gasteiger partial charge in [0.25, 0.3) is 5.91 Å². The van der Waals surface area contributed by atoms with Crippen LogP contribution in [0.5, 0.6) is 5.75 Å². The number of phenolic OH excluding ortho intramolecular Hbond substituents is 1. The monoisotopic (exact) mass is 277 g/mol. The van der Waals surface area contributed by atoms with Crippen molar-refractivity contribution in [2.75, 3.05) is 6.54 Å². The number of para-hydroxylation sites is 1. The number of phenols is 1. The summed E-state index contributed by atoms with van der Waals surface area (Å²) in [6.07, 6.45) is 2.26. The average Bonchev–Trinajstić information content (AvgIpc) is 2.84. The molecule has 108 valence electrons. The van der Waals surface area contributed by atoms with Crippen molar-refractivity contribution in [3.8, 4) is 5.75 Å². The van der Waals surface area contributed by atoms with Crippen molar-refractivity contribution in [3.05, 3.63) is 29.8 Å². The smallest absolute Gasteiger partial charge is 0.329 e. The van der Waals surface area contributed by atoms with Gasteiger partial charge in [-0.15, -0.1) is 0 Å². The highest BCUT2D eigenvalue weighted by molar-refractivity contribution is 6.00. The number of carbonyl (C=O) groups excluding carboxylic acids is 1. The van der Waals surface area contributed by atoms with Gasteiger partial charge in [0.05, 0.1) is 5.56 Å². The molecule has 0 spiro atoms. The Bertz CT molecular complexity index is 528. The first kappa shape index (κ1) is 14.4. The lowest BCUT2D eigenvalue weighted by molar-refractivity contribution is -0.148. The number of rotatable bonds is 4. The van der Waals surface area contributed by atoms with Gasteiger partial charge in [0.2, 0.25) is 0 Å². The molecule has 1 aromatic carbocycles. The summed E-state index contributed by atoms with van der Waals surface area (Å²) in [4.78, 5) is 25.7. The summed E-state index contributed by atoms with van der Waals surface area (Å²) in [5, 5.41) is 19.4. The molecule has 0 radical (unpaired) electrons. The van der Waals surface area contributed by atoms with Crippen molar-refractivity contribution in [2.24, 2.45) is 0 Å². The van der Waals surface area contributed by atoms with Crippen molar-refractivity contribution < 1.29 is 19.8 Å². The van der Waals surface area contributed by atoms with Gasteiger partial charge in [-0.25, -0.2) is 4.79 Å². The highest BCUT2D eigenvalue weighted by atomic mass is 16.4. The molecular formula is C15H19NO4. The predicted octanol–water partition coefficient (Wildman–Crippen LogP) is 2.25. The van der Waals surface area contributed by atoms with Gasteiger partial charge in [0, 0.05) is 6.54 Å². The molecule has 1 heterocycles. The summed E-state index contributed by atoms with van der Waals surface area (Å²) in [5.74, 6) is -1.47. The number of aliphatic carboxylic acids is 1.